The van der Waals surface area contributed by atoms with E-state index in [1.807, 2.05) is 20.9 Å². The summed E-state index contributed by atoms with van der Waals surface area (Å²) in [4.78, 5) is 8.63. The molecular weight excluding hydrogens is 190 g/mol. The molecule has 0 amide bonds. The van der Waals surface area contributed by atoms with Gasteiger partial charge in [0.05, 0.1) is 0 Å². The molecule has 4 nitrogen and oxygen atoms in total. The number of rotatable bonds is 5. The van der Waals surface area contributed by atoms with Crippen molar-refractivity contribution in [2.45, 2.75) is 19.8 Å². The fourth-order valence-electron chi connectivity index (χ4n) is 1.05. The van der Waals surface area contributed by atoms with Crippen molar-refractivity contribution >= 4 is 5.82 Å². The van der Waals surface area contributed by atoms with E-state index in [0.29, 0.717) is 12.5 Å². The molecule has 15 heavy (non-hydrogen) atoms. The molecule has 0 atom stereocenters. The second-order valence-electron chi connectivity index (χ2n) is 3.45. The molecule has 0 aliphatic rings. The van der Waals surface area contributed by atoms with Gasteiger partial charge in [-0.3, -0.25) is 0 Å². The van der Waals surface area contributed by atoms with Gasteiger partial charge in [-0.05, 0) is 0 Å². The van der Waals surface area contributed by atoms with E-state index < -0.39 is 0 Å². The standard InChI is InChI=1S/C11H17N3O/c1-5-6-15-10-7-9(12-4)13-11(14-10)8(2)3/h5,7-8H,1,6H2,2-4H3,(H,12,13,14). The summed E-state index contributed by atoms with van der Waals surface area (Å²) in [6.45, 7) is 8.14. The van der Waals surface area contributed by atoms with Crippen molar-refractivity contribution in [3.8, 4) is 5.88 Å². The van der Waals surface area contributed by atoms with Crippen LogP contribution in [-0.2, 0) is 0 Å². The summed E-state index contributed by atoms with van der Waals surface area (Å²) in [5.74, 6) is 2.41. The van der Waals surface area contributed by atoms with Crippen molar-refractivity contribution in [2.24, 2.45) is 0 Å². The van der Waals surface area contributed by atoms with Crippen LogP contribution in [0.3, 0.4) is 0 Å². The van der Waals surface area contributed by atoms with E-state index in [4.69, 9.17) is 4.74 Å². The van der Waals surface area contributed by atoms with Crippen LogP contribution in [0.25, 0.3) is 0 Å². The van der Waals surface area contributed by atoms with E-state index in [-0.39, 0.29) is 5.92 Å². The topological polar surface area (TPSA) is 47.0 Å². The molecule has 0 aliphatic carbocycles. The molecule has 0 fully saturated rings. The Morgan fingerprint density at radius 3 is 2.80 bits per heavy atom. The largest absolute Gasteiger partial charge is 0.473 e. The Labute approximate surface area is 90.4 Å². The number of anilines is 1. The quantitative estimate of drug-likeness (QED) is 0.752. The van der Waals surface area contributed by atoms with Crippen LogP contribution in [0.15, 0.2) is 18.7 Å². The zero-order valence-electron chi connectivity index (χ0n) is 9.45. The lowest BCUT2D eigenvalue weighted by molar-refractivity contribution is 0.346. The van der Waals surface area contributed by atoms with Gasteiger partial charge in [-0.25, -0.2) is 4.98 Å². The van der Waals surface area contributed by atoms with Crippen molar-refractivity contribution in [1.82, 2.24) is 9.97 Å². The first kappa shape index (κ1) is 11.5. The lowest BCUT2D eigenvalue weighted by atomic mass is 10.2. The number of nitrogens with one attached hydrogen (secondary N) is 1. The maximum atomic E-state index is 5.38. The van der Waals surface area contributed by atoms with Gasteiger partial charge in [0.1, 0.15) is 18.2 Å². The first-order valence-corrected chi connectivity index (χ1v) is 4.97. The van der Waals surface area contributed by atoms with Gasteiger partial charge in [-0.2, -0.15) is 4.98 Å². The van der Waals surface area contributed by atoms with Gasteiger partial charge in [0.25, 0.3) is 0 Å². The predicted octanol–water partition coefficient (Wildman–Crippen LogP) is 2.21. The number of nitrogens with zero attached hydrogens (tertiary/aromatic N) is 2. The highest BCUT2D eigenvalue weighted by Crippen LogP contribution is 2.17. The molecule has 0 aliphatic heterocycles. The lowest BCUT2D eigenvalue weighted by Gasteiger charge is -2.09. The minimum Gasteiger partial charge on any atom is -0.473 e. The molecule has 1 N–H and O–H groups in total. The molecular formula is C11H17N3O. The van der Waals surface area contributed by atoms with E-state index in [0.717, 1.165) is 11.6 Å². The minimum absolute atomic E-state index is 0.282. The third kappa shape index (κ3) is 3.23. The van der Waals surface area contributed by atoms with Crippen LogP contribution in [0.2, 0.25) is 0 Å². The molecule has 0 saturated carbocycles. The summed E-state index contributed by atoms with van der Waals surface area (Å²) < 4.78 is 5.38. The lowest BCUT2D eigenvalue weighted by Crippen LogP contribution is -2.05. The maximum Gasteiger partial charge on any atom is 0.219 e. The Kier molecular flexibility index (Phi) is 4.09. The van der Waals surface area contributed by atoms with E-state index in [9.17, 15) is 0 Å². The van der Waals surface area contributed by atoms with Crippen LogP contribution >= 0.6 is 0 Å². The van der Waals surface area contributed by atoms with Gasteiger partial charge in [-0.15, -0.1) is 0 Å². The molecule has 0 saturated heterocycles. The molecule has 0 spiro atoms. The predicted molar refractivity (Wildman–Crippen MR) is 61.4 cm³/mol. The molecule has 0 aromatic carbocycles. The number of aromatic nitrogens is 2. The van der Waals surface area contributed by atoms with E-state index >= 15 is 0 Å². The average molecular weight is 207 g/mol. The number of ether oxygens (including phenoxy) is 1. The monoisotopic (exact) mass is 207 g/mol. The smallest absolute Gasteiger partial charge is 0.219 e. The molecule has 82 valence electrons. The van der Waals surface area contributed by atoms with Crippen LogP contribution in [0.4, 0.5) is 5.82 Å². The molecule has 0 radical (unpaired) electrons. The third-order valence-corrected chi connectivity index (χ3v) is 1.84. The Bertz CT molecular complexity index is 337. The highest BCUT2D eigenvalue weighted by molar-refractivity contribution is 5.38. The van der Waals surface area contributed by atoms with Gasteiger partial charge in [-0.1, -0.05) is 26.5 Å². The normalized spacial score (nSPS) is 10.1. The van der Waals surface area contributed by atoms with E-state index in [2.05, 4.69) is 21.9 Å². The molecule has 0 bridgehead atoms. The SMILES string of the molecule is C=CCOc1cc(NC)nc(C(C)C)n1. The zero-order chi connectivity index (χ0) is 11.3. The van der Waals surface area contributed by atoms with Crippen LogP contribution in [0.5, 0.6) is 5.88 Å². The van der Waals surface area contributed by atoms with Gasteiger partial charge >= 0.3 is 0 Å². The van der Waals surface area contributed by atoms with Crippen molar-refractivity contribution in [3.05, 3.63) is 24.5 Å². The first-order valence-electron chi connectivity index (χ1n) is 4.97. The number of hydrogen-bond donors (Lipinski definition) is 1. The first-order chi connectivity index (χ1) is 7.17. The summed E-state index contributed by atoms with van der Waals surface area (Å²) in [5.41, 5.74) is 0. The van der Waals surface area contributed by atoms with Crippen LogP contribution in [0, 0.1) is 0 Å². The average Bonchev–Trinajstić information content (AvgIpc) is 2.25. The molecule has 4 heteroatoms. The molecule has 0 unspecified atom stereocenters. The highest BCUT2D eigenvalue weighted by Gasteiger charge is 2.07. The minimum atomic E-state index is 0.282. The maximum absolute atomic E-state index is 5.38. The fourth-order valence-corrected chi connectivity index (χ4v) is 1.05. The molecule has 1 aromatic rings. The van der Waals surface area contributed by atoms with Crippen molar-refractivity contribution in [2.75, 3.05) is 19.0 Å². The Hall–Kier alpha value is -1.58. The van der Waals surface area contributed by atoms with Crippen LogP contribution < -0.4 is 10.1 Å². The summed E-state index contributed by atoms with van der Waals surface area (Å²) in [6, 6.07) is 1.77. The molecule has 1 aromatic heterocycles. The second kappa shape index (κ2) is 5.34. The zero-order valence-corrected chi connectivity index (χ0v) is 9.45. The summed E-state index contributed by atoms with van der Waals surface area (Å²) in [5, 5.41) is 2.98. The number of hydrogen-bond acceptors (Lipinski definition) is 4. The van der Waals surface area contributed by atoms with Crippen LogP contribution in [-0.4, -0.2) is 23.6 Å². The van der Waals surface area contributed by atoms with Gasteiger partial charge in [0, 0.05) is 19.0 Å². The van der Waals surface area contributed by atoms with Crippen molar-refractivity contribution in [3.63, 3.8) is 0 Å². The van der Waals surface area contributed by atoms with E-state index in [1.54, 1.807) is 12.1 Å². The Balaban J connectivity index is 2.94. The van der Waals surface area contributed by atoms with Crippen molar-refractivity contribution < 1.29 is 4.74 Å². The van der Waals surface area contributed by atoms with Gasteiger partial charge < -0.3 is 10.1 Å². The fraction of sp³-hybridized carbons (Fsp3) is 0.455. The summed E-state index contributed by atoms with van der Waals surface area (Å²) >= 11 is 0. The van der Waals surface area contributed by atoms with Crippen molar-refractivity contribution in [1.29, 1.82) is 0 Å². The van der Waals surface area contributed by atoms with Gasteiger partial charge in [0.2, 0.25) is 5.88 Å². The molecule has 1 rings (SSSR count). The Morgan fingerprint density at radius 1 is 1.53 bits per heavy atom. The highest BCUT2D eigenvalue weighted by atomic mass is 16.5. The van der Waals surface area contributed by atoms with Gasteiger partial charge in [0.15, 0.2) is 0 Å². The van der Waals surface area contributed by atoms with Crippen LogP contribution in [0.1, 0.15) is 25.6 Å². The Morgan fingerprint density at radius 2 is 2.27 bits per heavy atom. The third-order valence-electron chi connectivity index (χ3n) is 1.84. The summed E-state index contributed by atoms with van der Waals surface area (Å²) in [6.07, 6.45) is 1.69. The summed E-state index contributed by atoms with van der Waals surface area (Å²) in [7, 11) is 1.82. The molecule has 1 heterocycles. The second-order valence-corrected chi connectivity index (χ2v) is 3.45. The van der Waals surface area contributed by atoms with E-state index in [1.165, 1.54) is 0 Å².